The van der Waals surface area contributed by atoms with E-state index >= 15 is 0 Å². The molecule has 0 spiro atoms. The number of phenols is 1. The first-order chi connectivity index (χ1) is 18.5. The van der Waals surface area contributed by atoms with E-state index in [1.165, 1.54) is 13.2 Å². The van der Waals surface area contributed by atoms with Gasteiger partial charge in [0, 0.05) is 23.8 Å². The molecule has 1 aromatic heterocycles. The number of carboxylic acid groups (broad SMARTS) is 2. The highest BCUT2D eigenvalue weighted by molar-refractivity contribution is 5.90. The number of rotatable bonds is 8. The molecule has 5 N–H and O–H groups in total. The van der Waals surface area contributed by atoms with Crippen LogP contribution in [-0.4, -0.2) is 81.3 Å². The van der Waals surface area contributed by atoms with Crippen LogP contribution < -0.4 is 14.9 Å². The molecule has 0 aliphatic carbocycles. The second-order valence-electron chi connectivity index (χ2n) is 8.41. The molecule has 0 bridgehead atoms. The summed E-state index contributed by atoms with van der Waals surface area (Å²) in [5.74, 6) is -4.72. The molecular formula is C25H22O14. The maximum absolute atomic E-state index is 12.7. The summed E-state index contributed by atoms with van der Waals surface area (Å²) in [5.41, 5.74) is -0.234. The van der Waals surface area contributed by atoms with Crippen molar-refractivity contribution in [1.82, 2.24) is 0 Å². The molecule has 39 heavy (non-hydrogen) atoms. The maximum atomic E-state index is 12.7. The van der Waals surface area contributed by atoms with Crippen molar-refractivity contribution in [2.75, 3.05) is 7.11 Å². The Morgan fingerprint density at radius 2 is 1.67 bits per heavy atom. The van der Waals surface area contributed by atoms with E-state index < -0.39 is 66.2 Å². The number of aliphatic hydroxyl groups is 2. The summed E-state index contributed by atoms with van der Waals surface area (Å²) < 4.78 is 26.6. The van der Waals surface area contributed by atoms with Crippen molar-refractivity contribution in [2.45, 2.75) is 37.1 Å². The van der Waals surface area contributed by atoms with Crippen molar-refractivity contribution in [3.05, 3.63) is 52.7 Å². The molecule has 4 rings (SSSR count). The van der Waals surface area contributed by atoms with E-state index in [-0.39, 0.29) is 22.5 Å². The highest BCUT2D eigenvalue weighted by Crippen LogP contribution is 2.34. The third kappa shape index (κ3) is 5.77. The number of aromatic hydroxyl groups is 1. The normalized spacial score (nSPS) is 22.7. The molecule has 0 amide bonds. The molecule has 14 nitrogen and oxygen atoms in total. The van der Waals surface area contributed by atoms with Crippen molar-refractivity contribution in [3.63, 3.8) is 0 Å². The monoisotopic (exact) mass is 546 g/mol. The van der Waals surface area contributed by atoms with Gasteiger partial charge in [0.1, 0.15) is 52.6 Å². The van der Waals surface area contributed by atoms with Gasteiger partial charge >= 0.3 is 17.9 Å². The molecule has 1 aliphatic heterocycles. The molecule has 5 atom stereocenters. The maximum Gasteiger partial charge on any atom is 0.335 e. The lowest BCUT2D eigenvalue weighted by atomic mass is 9.98. The predicted molar refractivity (Wildman–Crippen MR) is 127 cm³/mol. The molecule has 1 saturated heterocycles. The van der Waals surface area contributed by atoms with Gasteiger partial charge in [-0.05, 0) is 24.3 Å². The molecule has 2 aromatic carbocycles. The summed E-state index contributed by atoms with van der Waals surface area (Å²) >= 11 is 0. The number of fused-ring (bicyclic) bond motifs is 1. The van der Waals surface area contributed by atoms with Crippen molar-refractivity contribution in [1.29, 1.82) is 0 Å². The smallest absolute Gasteiger partial charge is 0.335 e. The number of aliphatic hydroxyl groups excluding tert-OH is 2. The Kier molecular flexibility index (Phi) is 7.71. The number of aliphatic carboxylic acids is 2. The van der Waals surface area contributed by atoms with Crippen LogP contribution in [0.25, 0.3) is 22.3 Å². The van der Waals surface area contributed by atoms with Crippen LogP contribution in [0.4, 0.5) is 0 Å². The summed E-state index contributed by atoms with van der Waals surface area (Å²) in [6, 6.07) is 9.85. The van der Waals surface area contributed by atoms with Gasteiger partial charge in [-0.25, -0.2) is 4.79 Å². The number of ether oxygens (including phenoxy) is 4. The average molecular weight is 546 g/mol. The standard InChI is InChI=1S/C25H22O14/c1-35-11-4-2-10(3-5-11)15-8-14(27)19-13(26)6-12(7-16(19)37-15)36-25-23(38-18(30)9-17(28)29)21(32)20(31)22(39-25)24(33)34/h2-8,20-23,25-26,31-32H,9H2,1H3,(H,28,29)(H,33,34)/t20-,21-,22-,23+,25+/m0/s1. The van der Waals surface area contributed by atoms with Crippen LogP contribution in [0.15, 0.2) is 51.7 Å². The first-order valence-corrected chi connectivity index (χ1v) is 11.3. The summed E-state index contributed by atoms with van der Waals surface area (Å²) in [6.45, 7) is 0. The number of methoxy groups -OCH3 is 1. The first kappa shape index (κ1) is 27.4. The lowest BCUT2D eigenvalue weighted by Gasteiger charge is -2.40. The summed E-state index contributed by atoms with van der Waals surface area (Å²) in [6.07, 6.45) is -11.0. The van der Waals surface area contributed by atoms with Crippen LogP contribution in [0.5, 0.6) is 17.2 Å². The van der Waals surface area contributed by atoms with Gasteiger partial charge in [0.15, 0.2) is 17.6 Å². The van der Waals surface area contributed by atoms with E-state index in [0.717, 1.165) is 12.1 Å². The van der Waals surface area contributed by atoms with E-state index in [9.17, 15) is 39.6 Å². The molecule has 2 heterocycles. The zero-order valence-corrected chi connectivity index (χ0v) is 20.0. The Balaban J connectivity index is 1.71. The minimum atomic E-state index is -2.07. The molecule has 0 saturated carbocycles. The largest absolute Gasteiger partial charge is 0.507 e. The van der Waals surface area contributed by atoms with E-state index in [1.807, 2.05) is 0 Å². The molecule has 206 valence electrons. The SMILES string of the molecule is COc1ccc(-c2cc(=O)c3c(O)cc(O[C@@H]4O[C@H](C(=O)O)[C@@H](O)[C@H](O)[C@H]4OC(=O)CC(=O)O)cc3o2)cc1. The predicted octanol–water partition coefficient (Wildman–Crippen LogP) is 0.471. The van der Waals surface area contributed by atoms with Gasteiger partial charge < -0.3 is 48.9 Å². The van der Waals surface area contributed by atoms with E-state index in [0.29, 0.717) is 11.3 Å². The van der Waals surface area contributed by atoms with Gasteiger partial charge in [0.05, 0.1) is 7.11 Å². The summed E-state index contributed by atoms with van der Waals surface area (Å²) in [4.78, 5) is 47.0. The topological polar surface area (TPSA) is 219 Å². The number of hydrogen-bond donors (Lipinski definition) is 5. The number of carbonyl (C=O) groups is 3. The van der Waals surface area contributed by atoms with Crippen LogP contribution in [0, 0.1) is 0 Å². The van der Waals surface area contributed by atoms with Gasteiger partial charge in [-0.1, -0.05) is 0 Å². The first-order valence-electron chi connectivity index (χ1n) is 11.3. The van der Waals surface area contributed by atoms with Crippen LogP contribution >= 0.6 is 0 Å². The van der Waals surface area contributed by atoms with E-state index in [2.05, 4.69) is 0 Å². The minimum Gasteiger partial charge on any atom is -0.507 e. The summed E-state index contributed by atoms with van der Waals surface area (Å²) in [7, 11) is 1.49. The number of esters is 1. The van der Waals surface area contributed by atoms with Crippen molar-refractivity contribution >= 4 is 28.9 Å². The second kappa shape index (κ2) is 11.0. The Morgan fingerprint density at radius 1 is 0.974 bits per heavy atom. The Bertz CT molecular complexity index is 1460. The molecule has 1 fully saturated rings. The molecule has 0 radical (unpaired) electrons. The minimum absolute atomic E-state index is 0.130. The fourth-order valence-electron chi connectivity index (χ4n) is 3.92. The van der Waals surface area contributed by atoms with Crippen molar-refractivity contribution in [3.8, 4) is 28.6 Å². The number of carbonyl (C=O) groups excluding carboxylic acids is 1. The number of benzene rings is 2. The number of carboxylic acids is 2. The Labute approximate surface area is 218 Å². The van der Waals surface area contributed by atoms with E-state index in [4.69, 9.17) is 28.5 Å². The van der Waals surface area contributed by atoms with Crippen LogP contribution in [0.2, 0.25) is 0 Å². The zero-order valence-electron chi connectivity index (χ0n) is 20.0. The summed E-state index contributed by atoms with van der Waals surface area (Å²) in [5, 5.41) is 49.0. The van der Waals surface area contributed by atoms with Gasteiger partial charge in [0.2, 0.25) is 6.29 Å². The molecule has 1 aliphatic rings. The molecule has 3 aromatic rings. The Hall–Kier alpha value is -4.66. The lowest BCUT2D eigenvalue weighted by molar-refractivity contribution is -0.276. The molecule has 14 heteroatoms. The van der Waals surface area contributed by atoms with Gasteiger partial charge in [-0.3, -0.25) is 14.4 Å². The van der Waals surface area contributed by atoms with Gasteiger partial charge in [-0.2, -0.15) is 0 Å². The highest BCUT2D eigenvalue weighted by atomic mass is 16.7. The van der Waals surface area contributed by atoms with Crippen LogP contribution in [0.3, 0.4) is 0 Å². The van der Waals surface area contributed by atoms with E-state index in [1.54, 1.807) is 24.3 Å². The number of hydrogen-bond acceptors (Lipinski definition) is 12. The fourth-order valence-corrected chi connectivity index (χ4v) is 3.92. The van der Waals surface area contributed by atoms with Gasteiger partial charge in [0.25, 0.3) is 0 Å². The average Bonchev–Trinajstić information content (AvgIpc) is 2.87. The highest BCUT2D eigenvalue weighted by Gasteiger charge is 2.51. The lowest BCUT2D eigenvalue weighted by Crippen LogP contribution is -2.62. The van der Waals surface area contributed by atoms with Gasteiger partial charge in [-0.15, -0.1) is 0 Å². The second-order valence-corrected chi connectivity index (χ2v) is 8.41. The third-order valence-electron chi connectivity index (χ3n) is 5.76. The quantitative estimate of drug-likeness (QED) is 0.192. The molecule has 0 unspecified atom stereocenters. The van der Waals surface area contributed by atoms with Crippen LogP contribution in [-0.2, 0) is 23.9 Å². The molecular weight excluding hydrogens is 524 g/mol. The van der Waals surface area contributed by atoms with Crippen molar-refractivity contribution < 1.29 is 63.3 Å². The van der Waals surface area contributed by atoms with Crippen LogP contribution in [0.1, 0.15) is 6.42 Å². The number of phenolic OH excluding ortho intramolecular Hbond substituents is 1. The Morgan fingerprint density at radius 3 is 2.28 bits per heavy atom. The van der Waals surface area contributed by atoms with Crippen molar-refractivity contribution in [2.24, 2.45) is 0 Å². The fraction of sp³-hybridized carbons (Fsp3) is 0.280. The third-order valence-corrected chi connectivity index (χ3v) is 5.76. The zero-order chi connectivity index (χ0) is 28.4.